The van der Waals surface area contributed by atoms with Gasteiger partial charge >= 0.3 is 5.91 Å². The second-order valence-corrected chi connectivity index (χ2v) is 5.85. The Morgan fingerprint density at radius 2 is 2.36 bits per heavy atom. The summed E-state index contributed by atoms with van der Waals surface area (Å²) in [6.07, 6.45) is 6.69. The van der Waals surface area contributed by atoms with Gasteiger partial charge in [-0.05, 0) is 18.2 Å². The number of thiazole rings is 1. The number of amides is 1. The summed E-state index contributed by atoms with van der Waals surface area (Å²) in [6, 6.07) is 5.45. The molecule has 0 aliphatic carbocycles. The number of hydrogen-bond acceptors (Lipinski definition) is 4. The van der Waals surface area contributed by atoms with Gasteiger partial charge in [-0.3, -0.25) is 4.79 Å². The number of carbonyl (C=O) groups excluding carboxylic acids is 1. The van der Waals surface area contributed by atoms with Crippen molar-refractivity contribution in [3.8, 4) is 12.3 Å². The van der Waals surface area contributed by atoms with Crippen molar-refractivity contribution in [3.05, 3.63) is 40.0 Å². The highest BCUT2D eigenvalue weighted by Crippen LogP contribution is 2.22. The number of rotatable bonds is 2. The Morgan fingerprint density at radius 1 is 1.50 bits per heavy atom. The Balaban J connectivity index is 2.11. The van der Waals surface area contributed by atoms with Crippen molar-refractivity contribution >= 4 is 39.1 Å². The minimum absolute atomic E-state index is 0.0917. The third-order valence-corrected chi connectivity index (χ3v) is 4.23. The number of benzene rings is 1. The summed E-state index contributed by atoms with van der Waals surface area (Å²) >= 11 is 7.34. The molecule has 1 aliphatic rings. The SMILES string of the molecule is C#CCn1c(=NC(=O)C2=COCCO2)sc2cc(Cl)ccc21. The van der Waals surface area contributed by atoms with E-state index in [0.29, 0.717) is 29.6 Å². The van der Waals surface area contributed by atoms with Gasteiger partial charge < -0.3 is 14.0 Å². The van der Waals surface area contributed by atoms with Crippen LogP contribution in [0.5, 0.6) is 0 Å². The summed E-state index contributed by atoms with van der Waals surface area (Å²) in [4.78, 5) is 16.7. The van der Waals surface area contributed by atoms with Crippen LogP contribution in [0.2, 0.25) is 5.02 Å². The minimum Gasteiger partial charge on any atom is -0.494 e. The van der Waals surface area contributed by atoms with E-state index in [4.69, 9.17) is 27.5 Å². The smallest absolute Gasteiger partial charge is 0.317 e. The lowest BCUT2D eigenvalue weighted by Crippen LogP contribution is -2.19. The molecule has 3 rings (SSSR count). The van der Waals surface area contributed by atoms with E-state index in [1.807, 2.05) is 12.1 Å². The summed E-state index contributed by atoms with van der Waals surface area (Å²) in [5, 5.41) is 0.617. The van der Waals surface area contributed by atoms with Crippen LogP contribution in [-0.4, -0.2) is 23.7 Å². The molecule has 0 radical (unpaired) electrons. The van der Waals surface area contributed by atoms with Crippen LogP contribution in [0.15, 0.2) is 35.2 Å². The molecular formula is C15H11ClN2O3S. The second-order valence-electron chi connectivity index (χ2n) is 4.41. The first kappa shape index (κ1) is 14.7. The van der Waals surface area contributed by atoms with Gasteiger partial charge in [0.1, 0.15) is 19.5 Å². The fourth-order valence-electron chi connectivity index (χ4n) is 2.00. The number of terminal acetylenes is 1. The van der Waals surface area contributed by atoms with Gasteiger partial charge in [0.15, 0.2) is 4.80 Å². The van der Waals surface area contributed by atoms with E-state index in [-0.39, 0.29) is 5.76 Å². The minimum atomic E-state index is -0.497. The summed E-state index contributed by atoms with van der Waals surface area (Å²) in [5.41, 5.74) is 0.883. The highest BCUT2D eigenvalue weighted by atomic mass is 35.5. The average molecular weight is 335 g/mol. The topological polar surface area (TPSA) is 52.8 Å². The van der Waals surface area contributed by atoms with E-state index in [9.17, 15) is 4.79 Å². The number of fused-ring (bicyclic) bond motifs is 1. The lowest BCUT2D eigenvalue weighted by molar-refractivity contribution is -0.119. The fourth-order valence-corrected chi connectivity index (χ4v) is 3.30. The molecular weight excluding hydrogens is 324 g/mol. The fraction of sp³-hybridized carbons (Fsp3) is 0.200. The third kappa shape index (κ3) is 2.86. The van der Waals surface area contributed by atoms with Gasteiger partial charge in [-0.2, -0.15) is 4.99 Å². The Bertz CT molecular complexity index is 873. The van der Waals surface area contributed by atoms with Crippen LogP contribution in [-0.2, 0) is 20.8 Å². The molecule has 7 heteroatoms. The molecule has 0 atom stereocenters. The molecule has 0 spiro atoms. The van der Waals surface area contributed by atoms with Crippen LogP contribution in [0.25, 0.3) is 10.2 Å². The third-order valence-electron chi connectivity index (χ3n) is 2.95. The van der Waals surface area contributed by atoms with E-state index in [1.54, 1.807) is 10.6 Å². The molecule has 22 heavy (non-hydrogen) atoms. The molecule has 0 N–H and O–H groups in total. The van der Waals surface area contributed by atoms with Gasteiger partial charge in [0.05, 0.1) is 16.8 Å². The van der Waals surface area contributed by atoms with Crippen molar-refractivity contribution in [2.45, 2.75) is 6.54 Å². The molecule has 1 amide bonds. The maximum Gasteiger partial charge on any atom is 0.317 e. The first-order valence-corrected chi connectivity index (χ1v) is 7.64. The van der Waals surface area contributed by atoms with Crippen molar-refractivity contribution < 1.29 is 14.3 Å². The van der Waals surface area contributed by atoms with Gasteiger partial charge in [0, 0.05) is 5.02 Å². The normalized spacial score (nSPS) is 14.9. The molecule has 2 aromatic rings. The van der Waals surface area contributed by atoms with Gasteiger partial charge in [0.25, 0.3) is 0 Å². The monoisotopic (exact) mass is 334 g/mol. The zero-order valence-corrected chi connectivity index (χ0v) is 13.0. The molecule has 0 bridgehead atoms. The first-order valence-electron chi connectivity index (χ1n) is 6.45. The predicted molar refractivity (Wildman–Crippen MR) is 84.2 cm³/mol. The second kappa shape index (κ2) is 6.26. The van der Waals surface area contributed by atoms with Crippen LogP contribution < -0.4 is 4.80 Å². The van der Waals surface area contributed by atoms with Crippen LogP contribution >= 0.6 is 22.9 Å². The maximum absolute atomic E-state index is 12.1. The quantitative estimate of drug-likeness (QED) is 0.792. The van der Waals surface area contributed by atoms with E-state index >= 15 is 0 Å². The standard InChI is InChI=1S/C15H11ClN2O3S/c1-2-5-18-11-4-3-10(16)8-13(11)22-15(18)17-14(19)12-9-20-6-7-21-12/h1,3-4,8-9H,5-7H2. The largest absolute Gasteiger partial charge is 0.494 e. The van der Waals surface area contributed by atoms with Gasteiger partial charge in [-0.15, -0.1) is 6.42 Å². The van der Waals surface area contributed by atoms with Crippen molar-refractivity contribution in [1.29, 1.82) is 0 Å². The Kier molecular flexibility index (Phi) is 4.18. The van der Waals surface area contributed by atoms with Crippen LogP contribution in [0.3, 0.4) is 0 Å². The van der Waals surface area contributed by atoms with Crippen LogP contribution in [0.4, 0.5) is 0 Å². The molecule has 5 nitrogen and oxygen atoms in total. The van der Waals surface area contributed by atoms with Crippen LogP contribution in [0.1, 0.15) is 0 Å². The van der Waals surface area contributed by atoms with Gasteiger partial charge in [-0.25, -0.2) is 0 Å². The van der Waals surface area contributed by atoms with Gasteiger partial charge in [-0.1, -0.05) is 28.9 Å². The zero-order valence-electron chi connectivity index (χ0n) is 11.4. The van der Waals surface area contributed by atoms with Crippen molar-refractivity contribution in [2.75, 3.05) is 13.2 Å². The number of halogens is 1. The Hall–Kier alpha value is -2.23. The molecule has 0 saturated heterocycles. The Morgan fingerprint density at radius 3 is 3.09 bits per heavy atom. The number of hydrogen-bond donors (Lipinski definition) is 0. The molecule has 1 aromatic carbocycles. The van der Waals surface area contributed by atoms with E-state index < -0.39 is 5.91 Å². The van der Waals surface area contributed by atoms with Crippen molar-refractivity contribution in [1.82, 2.24) is 4.57 Å². The summed E-state index contributed by atoms with van der Waals surface area (Å²) in [6.45, 7) is 1.07. The van der Waals surface area contributed by atoms with Crippen LogP contribution in [0, 0.1) is 12.3 Å². The summed E-state index contributed by atoms with van der Waals surface area (Å²) < 4.78 is 13.0. The van der Waals surface area contributed by atoms with Crippen molar-refractivity contribution in [3.63, 3.8) is 0 Å². The molecule has 2 heterocycles. The lowest BCUT2D eigenvalue weighted by atomic mass is 10.3. The molecule has 0 fully saturated rings. The number of carbonyl (C=O) groups is 1. The van der Waals surface area contributed by atoms with Gasteiger partial charge in [0.2, 0.25) is 5.76 Å². The zero-order chi connectivity index (χ0) is 15.5. The number of aromatic nitrogens is 1. The summed E-state index contributed by atoms with van der Waals surface area (Å²) in [7, 11) is 0. The molecule has 1 aliphatic heterocycles. The number of ether oxygens (including phenoxy) is 2. The molecule has 0 unspecified atom stereocenters. The lowest BCUT2D eigenvalue weighted by Gasteiger charge is -2.12. The highest BCUT2D eigenvalue weighted by molar-refractivity contribution is 7.16. The highest BCUT2D eigenvalue weighted by Gasteiger charge is 2.15. The van der Waals surface area contributed by atoms with E-state index in [0.717, 1.165) is 10.2 Å². The molecule has 1 aromatic heterocycles. The molecule has 0 saturated carbocycles. The average Bonchev–Trinajstić information content (AvgIpc) is 2.85. The van der Waals surface area contributed by atoms with E-state index in [2.05, 4.69) is 10.9 Å². The Labute approximate surface area is 135 Å². The maximum atomic E-state index is 12.1. The first-order chi connectivity index (χ1) is 10.7. The van der Waals surface area contributed by atoms with Crippen molar-refractivity contribution in [2.24, 2.45) is 4.99 Å². The number of nitrogens with zero attached hydrogens (tertiary/aromatic N) is 2. The predicted octanol–water partition coefficient (Wildman–Crippen LogP) is 2.30. The molecule has 112 valence electrons. The summed E-state index contributed by atoms with van der Waals surface area (Å²) in [5.74, 6) is 2.16. The van der Waals surface area contributed by atoms with E-state index in [1.165, 1.54) is 17.6 Å².